The fraction of sp³-hybridized carbons (Fsp3) is 0.909. The molecule has 3 nitrogen and oxygen atoms in total. The van der Waals surface area contributed by atoms with Crippen molar-refractivity contribution < 1.29 is 14.6 Å². The van der Waals surface area contributed by atoms with Crippen LogP contribution in [0.5, 0.6) is 0 Å². The molecule has 14 heavy (non-hydrogen) atoms. The fourth-order valence-electron chi connectivity index (χ4n) is 2.91. The van der Waals surface area contributed by atoms with Crippen LogP contribution in [0.15, 0.2) is 0 Å². The Morgan fingerprint density at radius 3 is 3.07 bits per heavy atom. The second kappa shape index (κ2) is 3.54. The van der Waals surface area contributed by atoms with Gasteiger partial charge in [0.2, 0.25) is 0 Å². The monoisotopic (exact) mass is 198 g/mol. The molecule has 1 heterocycles. The van der Waals surface area contributed by atoms with Gasteiger partial charge in [-0.05, 0) is 31.1 Å². The van der Waals surface area contributed by atoms with Crippen LogP contribution in [0.4, 0.5) is 0 Å². The maximum Gasteiger partial charge on any atom is 0.309 e. The highest BCUT2D eigenvalue weighted by atomic mass is 16.6. The summed E-state index contributed by atoms with van der Waals surface area (Å²) in [6.07, 6.45) is 4.75. The Bertz CT molecular complexity index is 239. The molecule has 1 aliphatic heterocycles. The van der Waals surface area contributed by atoms with Crippen LogP contribution >= 0.6 is 0 Å². The summed E-state index contributed by atoms with van der Waals surface area (Å²) in [7, 11) is 0. The smallest absolute Gasteiger partial charge is 0.309 e. The van der Waals surface area contributed by atoms with Crippen LogP contribution in [-0.4, -0.2) is 23.8 Å². The van der Waals surface area contributed by atoms with Crippen molar-refractivity contribution >= 4 is 5.97 Å². The van der Waals surface area contributed by atoms with Gasteiger partial charge in [-0.15, -0.1) is 0 Å². The van der Waals surface area contributed by atoms with E-state index in [-0.39, 0.29) is 30.0 Å². The van der Waals surface area contributed by atoms with Crippen LogP contribution in [0.3, 0.4) is 0 Å². The minimum atomic E-state index is -0.268. The standard InChI is InChI=1S/C11H18O3/c1-11-4-2-3-8(5-11)10(13)14-9(6-11)7-12/h8-9,12H,2-7H2,1H3. The van der Waals surface area contributed by atoms with E-state index in [1.807, 2.05) is 0 Å². The molecule has 2 rings (SSSR count). The molecule has 0 aromatic heterocycles. The van der Waals surface area contributed by atoms with Gasteiger partial charge in [-0.25, -0.2) is 0 Å². The van der Waals surface area contributed by atoms with Gasteiger partial charge in [-0.2, -0.15) is 0 Å². The van der Waals surface area contributed by atoms with Gasteiger partial charge in [-0.1, -0.05) is 13.3 Å². The topological polar surface area (TPSA) is 46.5 Å². The normalized spacial score (nSPS) is 42.9. The van der Waals surface area contributed by atoms with Gasteiger partial charge in [0.05, 0.1) is 12.5 Å². The third-order valence-corrected chi connectivity index (χ3v) is 3.61. The summed E-state index contributed by atoms with van der Waals surface area (Å²) < 4.78 is 5.25. The highest BCUT2D eigenvalue weighted by Crippen LogP contribution is 2.45. The Morgan fingerprint density at radius 2 is 2.36 bits per heavy atom. The molecule has 0 aromatic carbocycles. The van der Waals surface area contributed by atoms with Crippen LogP contribution in [0.2, 0.25) is 0 Å². The lowest BCUT2D eigenvalue weighted by atomic mass is 9.69. The van der Waals surface area contributed by atoms with Gasteiger partial charge < -0.3 is 9.84 Å². The highest BCUT2D eigenvalue weighted by Gasteiger charge is 2.41. The second-order valence-electron chi connectivity index (χ2n) is 5.05. The Labute approximate surface area is 84.4 Å². The maximum atomic E-state index is 11.6. The first-order chi connectivity index (χ1) is 6.63. The zero-order valence-electron chi connectivity index (χ0n) is 8.66. The van der Waals surface area contributed by atoms with Gasteiger partial charge in [0, 0.05) is 0 Å². The molecule has 2 aliphatic rings. The van der Waals surface area contributed by atoms with Crippen molar-refractivity contribution in [1.82, 2.24) is 0 Å². The molecule has 1 saturated carbocycles. The van der Waals surface area contributed by atoms with E-state index < -0.39 is 0 Å². The van der Waals surface area contributed by atoms with E-state index in [1.165, 1.54) is 0 Å². The number of hydrogen-bond donors (Lipinski definition) is 1. The summed E-state index contributed by atoms with van der Waals surface area (Å²) in [5.41, 5.74) is 0.211. The van der Waals surface area contributed by atoms with Crippen LogP contribution < -0.4 is 0 Å². The van der Waals surface area contributed by atoms with E-state index in [2.05, 4.69) is 6.92 Å². The fourth-order valence-corrected chi connectivity index (χ4v) is 2.91. The molecule has 2 fully saturated rings. The van der Waals surface area contributed by atoms with Crippen molar-refractivity contribution in [3.63, 3.8) is 0 Å². The van der Waals surface area contributed by atoms with Gasteiger partial charge in [0.15, 0.2) is 0 Å². The lowest BCUT2D eigenvalue weighted by Crippen LogP contribution is -2.28. The van der Waals surface area contributed by atoms with E-state index in [0.29, 0.717) is 0 Å². The van der Waals surface area contributed by atoms with Gasteiger partial charge in [0.1, 0.15) is 6.10 Å². The molecular weight excluding hydrogens is 180 g/mol. The number of cyclic esters (lactones) is 1. The Kier molecular flexibility index (Phi) is 2.52. The minimum Gasteiger partial charge on any atom is -0.460 e. The predicted octanol–water partition coefficient (Wildman–Crippen LogP) is 1.49. The molecule has 1 saturated heterocycles. The first kappa shape index (κ1) is 9.97. The first-order valence-electron chi connectivity index (χ1n) is 5.44. The third-order valence-electron chi connectivity index (χ3n) is 3.61. The van der Waals surface area contributed by atoms with Gasteiger partial charge in [-0.3, -0.25) is 4.79 Å². The van der Waals surface area contributed by atoms with Crippen molar-refractivity contribution in [2.75, 3.05) is 6.61 Å². The molecule has 3 heteroatoms. The van der Waals surface area contributed by atoms with Crippen LogP contribution in [0.25, 0.3) is 0 Å². The Morgan fingerprint density at radius 1 is 1.57 bits per heavy atom. The molecule has 3 unspecified atom stereocenters. The largest absolute Gasteiger partial charge is 0.460 e. The Balaban J connectivity index is 2.18. The molecule has 0 radical (unpaired) electrons. The number of aliphatic hydroxyl groups excluding tert-OH is 1. The van der Waals surface area contributed by atoms with Crippen molar-refractivity contribution in [3.05, 3.63) is 0 Å². The average molecular weight is 198 g/mol. The predicted molar refractivity (Wildman–Crippen MR) is 51.6 cm³/mol. The van der Waals surface area contributed by atoms with Crippen molar-refractivity contribution in [2.45, 2.75) is 45.1 Å². The number of rotatable bonds is 1. The number of carbonyl (C=O) groups is 1. The van der Waals surface area contributed by atoms with E-state index in [9.17, 15) is 4.79 Å². The van der Waals surface area contributed by atoms with E-state index >= 15 is 0 Å². The van der Waals surface area contributed by atoms with Crippen molar-refractivity contribution in [3.8, 4) is 0 Å². The molecule has 2 bridgehead atoms. The lowest BCUT2D eigenvalue weighted by molar-refractivity contribution is -0.154. The summed E-state index contributed by atoms with van der Waals surface area (Å²) >= 11 is 0. The second-order valence-corrected chi connectivity index (χ2v) is 5.05. The molecular formula is C11H18O3. The lowest BCUT2D eigenvalue weighted by Gasteiger charge is -2.34. The van der Waals surface area contributed by atoms with Gasteiger partial charge >= 0.3 is 5.97 Å². The zero-order valence-corrected chi connectivity index (χ0v) is 8.66. The molecule has 0 aromatic rings. The number of fused-ring (bicyclic) bond motifs is 2. The van der Waals surface area contributed by atoms with Crippen molar-refractivity contribution in [2.24, 2.45) is 11.3 Å². The number of carbonyl (C=O) groups excluding carboxylic acids is 1. The molecule has 1 N–H and O–H groups in total. The SMILES string of the molecule is CC12CCCC(C1)C(=O)OC(CO)C2. The Hall–Kier alpha value is -0.570. The van der Waals surface area contributed by atoms with E-state index in [1.54, 1.807) is 0 Å². The minimum absolute atomic E-state index is 0.0337. The zero-order chi connectivity index (χ0) is 10.2. The van der Waals surface area contributed by atoms with Crippen molar-refractivity contribution in [1.29, 1.82) is 0 Å². The molecule has 0 amide bonds. The highest BCUT2D eigenvalue weighted by molar-refractivity contribution is 5.73. The summed E-state index contributed by atoms with van der Waals surface area (Å²) in [6.45, 7) is 2.18. The summed E-state index contributed by atoms with van der Waals surface area (Å²) in [5.74, 6) is -0.00206. The third kappa shape index (κ3) is 1.78. The first-order valence-corrected chi connectivity index (χ1v) is 5.44. The summed E-state index contributed by atoms with van der Waals surface area (Å²) in [6, 6.07) is 0. The molecule has 1 aliphatic carbocycles. The quantitative estimate of drug-likeness (QED) is 0.649. The number of ether oxygens (including phenoxy) is 1. The van der Waals surface area contributed by atoms with Gasteiger partial charge in [0.25, 0.3) is 0 Å². The van der Waals surface area contributed by atoms with Crippen LogP contribution in [0.1, 0.15) is 39.0 Å². The summed E-state index contributed by atoms with van der Waals surface area (Å²) in [5, 5.41) is 9.09. The molecule has 0 spiro atoms. The maximum absolute atomic E-state index is 11.6. The van der Waals surface area contributed by atoms with Crippen LogP contribution in [0, 0.1) is 11.3 Å². The number of aliphatic hydroxyl groups is 1. The van der Waals surface area contributed by atoms with E-state index in [0.717, 1.165) is 32.1 Å². The number of hydrogen-bond acceptors (Lipinski definition) is 3. The molecule has 3 atom stereocenters. The summed E-state index contributed by atoms with van der Waals surface area (Å²) in [4.78, 5) is 11.6. The van der Waals surface area contributed by atoms with Crippen LogP contribution in [-0.2, 0) is 9.53 Å². The number of esters is 1. The molecule has 80 valence electrons. The average Bonchev–Trinajstić information content (AvgIpc) is 2.23. The van der Waals surface area contributed by atoms with E-state index in [4.69, 9.17) is 9.84 Å².